The van der Waals surface area contributed by atoms with Gasteiger partial charge in [0.15, 0.2) is 3.95 Å². The fourth-order valence-corrected chi connectivity index (χ4v) is 2.94. The summed E-state index contributed by atoms with van der Waals surface area (Å²) in [7, 11) is 0. The highest BCUT2D eigenvalue weighted by molar-refractivity contribution is 9.10. The van der Waals surface area contributed by atoms with Crippen molar-refractivity contribution in [2.24, 2.45) is 0 Å². The van der Waals surface area contributed by atoms with Crippen LogP contribution in [0.25, 0.3) is 10.2 Å². The molecule has 2 rings (SSSR count). The molecule has 0 aliphatic rings. The molecule has 0 spiro atoms. The Morgan fingerprint density at radius 1 is 1.54 bits per heavy atom. The van der Waals surface area contributed by atoms with Crippen molar-refractivity contribution in [3.05, 3.63) is 26.1 Å². The minimum atomic E-state index is 0.643. The number of benzene rings is 1. The molecule has 2 nitrogen and oxygen atoms in total. The van der Waals surface area contributed by atoms with Gasteiger partial charge in [0.2, 0.25) is 0 Å². The quantitative estimate of drug-likeness (QED) is 0.744. The third kappa shape index (κ3) is 1.53. The summed E-state index contributed by atoms with van der Waals surface area (Å²) >= 11 is 9.87. The number of hydrogen-bond donors (Lipinski definition) is 1. The molecule has 0 amide bonds. The van der Waals surface area contributed by atoms with Gasteiger partial charge in [0, 0.05) is 4.47 Å². The van der Waals surface area contributed by atoms with Crippen molar-refractivity contribution in [2.45, 2.75) is 0 Å². The van der Waals surface area contributed by atoms with E-state index in [4.69, 9.17) is 17.5 Å². The highest BCUT2D eigenvalue weighted by atomic mass is 79.9. The largest absolute Gasteiger partial charge is 0.336 e. The number of fused-ring (bicyclic) bond motifs is 1. The standard InChI is InChI=1S/C8H3BrN2S2/c9-5-1-4(3-10)2-6-7(5)11-8(12)13-6/h1-2H,(H,11,12). The molecule has 1 heterocycles. The normalized spacial score (nSPS) is 10.2. The summed E-state index contributed by atoms with van der Waals surface area (Å²) in [6.45, 7) is 0. The van der Waals surface area contributed by atoms with Crippen LogP contribution in [0.1, 0.15) is 5.56 Å². The van der Waals surface area contributed by atoms with E-state index in [9.17, 15) is 0 Å². The average Bonchev–Trinajstić information content (AvgIpc) is 2.46. The van der Waals surface area contributed by atoms with Gasteiger partial charge in [0.05, 0.1) is 21.8 Å². The molecular weight excluding hydrogens is 268 g/mol. The first-order chi connectivity index (χ1) is 6.20. The summed E-state index contributed by atoms with van der Waals surface area (Å²) in [5.41, 5.74) is 1.61. The number of rotatable bonds is 0. The van der Waals surface area contributed by atoms with Gasteiger partial charge in [0.1, 0.15) is 0 Å². The van der Waals surface area contributed by atoms with Crippen molar-refractivity contribution in [1.29, 1.82) is 5.26 Å². The molecule has 0 unspecified atom stereocenters. The molecule has 1 N–H and O–H groups in total. The zero-order chi connectivity index (χ0) is 9.42. The van der Waals surface area contributed by atoms with Crippen molar-refractivity contribution >= 4 is 49.7 Å². The second-order valence-electron chi connectivity index (χ2n) is 2.46. The van der Waals surface area contributed by atoms with Crippen LogP contribution in [0.15, 0.2) is 16.6 Å². The zero-order valence-electron chi connectivity index (χ0n) is 6.30. The number of aromatic amines is 1. The Balaban J connectivity index is 2.93. The van der Waals surface area contributed by atoms with Gasteiger partial charge < -0.3 is 4.98 Å². The number of nitrogens with one attached hydrogen (secondary N) is 1. The number of halogens is 1. The first kappa shape index (κ1) is 8.88. The van der Waals surface area contributed by atoms with Crippen LogP contribution < -0.4 is 0 Å². The molecule has 64 valence electrons. The number of hydrogen-bond acceptors (Lipinski definition) is 3. The minimum Gasteiger partial charge on any atom is -0.336 e. The Morgan fingerprint density at radius 3 is 3.00 bits per heavy atom. The highest BCUT2D eigenvalue weighted by Gasteiger charge is 2.03. The second kappa shape index (κ2) is 3.22. The lowest BCUT2D eigenvalue weighted by Crippen LogP contribution is -1.75. The molecule has 1 aromatic carbocycles. The maximum absolute atomic E-state index is 8.73. The molecule has 0 saturated heterocycles. The Hall–Kier alpha value is -0.700. The lowest BCUT2D eigenvalue weighted by Gasteiger charge is -1.93. The molecular formula is C8H3BrN2S2. The molecule has 0 bridgehead atoms. The number of nitrogens with zero attached hydrogens (tertiary/aromatic N) is 1. The molecule has 0 fully saturated rings. The van der Waals surface area contributed by atoms with Crippen LogP contribution in [0, 0.1) is 15.3 Å². The maximum atomic E-state index is 8.73. The van der Waals surface area contributed by atoms with Crippen molar-refractivity contribution in [3.63, 3.8) is 0 Å². The van der Waals surface area contributed by atoms with Gasteiger partial charge >= 0.3 is 0 Å². The molecule has 13 heavy (non-hydrogen) atoms. The van der Waals surface area contributed by atoms with Crippen LogP contribution in [0.3, 0.4) is 0 Å². The van der Waals surface area contributed by atoms with Crippen molar-refractivity contribution in [3.8, 4) is 6.07 Å². The van der Waals surface area contributed by atoms with Gasteiger partial charge in [-0.1, -0.05) is 0 Å². The maximum Gasteiger partial charge on any atom is 0.159 e. The lowest BCUT2D eigenvalue weighted by atomic mass is 10.2. The van der Waals surface area contributed by atoms with Crippen LogP contribution in [0.5, 0.6) is 0 Å². The zero-order valence-corrected chi connectivity index (χ0v) is 9.52. The van der Waals surface area contributed by atoms with Crippen LogP contribution in [-0.4, -0.2) is 4.98 Å². The lowest BCUT2D eigenvalue weighted by molar-refractivity contribution is 1.44. The fourth-order valence-electron chi connectivity index (χ4n) is 1.08. The molecule has 0 aliphatic carbocycles. The first-order valence-corrected chi connectivity index (χ1v) is 5.45. The highest BCUT2D eigenvalue weighted by Crippen LogP contribution is 2.28. The molecule has 0 aliphatic heterocycles. The van der Waals surface area contributed by atoms with E-state index < -0.39 is 0 Å². The van der Waals surface area contributed by atoms with Gasteiger partial charge in [-0.15, -0.1) is 11.3 Å². The predicted octanol–water partition coefficient (Wildman–Crippen LogP) is 3.59. The fraction of sp³-hybridized carbons (Fsp3) is 0. The smallest absolute Gasteiger partial charge is 0.159 e. The SMILES string of the molecule is N#Cc1cc(Br)c2[nH]c(=S)sc2c1. The molecule has 0 atom stereocenters. The summed E-state index contributed by atoms with van der Waals surface area (Å²) in [5.74, 6) is 0. The van der Waals surface area contributed by atoms with Crippen molar-refractivity contribution in [1.82, 2.24) is 4.98 Å². The van der Waals surface area contributed by atoms with Crippen LogP contribution >= 0.6 is 39.5 Å². The predicted molar refractivity (Wildman–Crippen MR) is 59.4 cm³/mol. The molecule has 0 radical (unpaired) electrons. The van der Waals surface area contributed by atoms with Gasteiger partial charge in [-0.05, 0) is 40.3 Å². The van der Waals surface area contributed by atoms with E-state index in [1.54, 1.807) is 6.07 Å². The molecule has 5 heteroatoms. The van der Waals surface area contributed by atoms with E-state index in [-0.39, 0.29) is 0 Å². The van der Waals surface area contributed by atoms with E-state index >= 15 is 0 Å². The third-order valence-electron chi connectivity index (χ3n) is 1.61. The minimum absolute atomic E-state index is 0.643. The van der Waals surface area contributed by atoms with Crippen molar-refractivity contribution in [2.75, 3.05) is 0 Å². The van der Waals surface area contributed by atoms with Crippen molar-refractivity contribution < 1.29 is 0 Å². The van der Waals surface area contributed by atoms with Crippen LogP contribution in [0.4, 0.5) is 0 Å². The van der Waals surface area contributed by atoms with Crippen LogP contribution in [0.2, 0.25) is 0 Å². The average molecular weight is 271 g/mol. The summed E-state index contributed by atoms with van der Waals surface area (Å²) in [6.07, 6.45) is 0. The summed E-state index contributed by atoms with van der Waals surface area (Å²) in [6, 6.07) is 5.71. The Labute approximate surface area is 92.0 Å². The molecule has 1 aromatic heterocycles. The first-order valence-electron chi connectivity index (χ1n) is 3.43. The van der Waals surface area contributed by atoms with Gasteiger partial charge in [0.25, 0.3) is 0 Å². The van der Waals surface area contributed by atoms with E-state index in [0.717, 1.165) is 18.6 Å². The molecule has 2 aromatic rings. The summed E-state index contributed by atoms with van der Waals surface area (Å²) < 4.78 is 2.62. The number of nitriles is 1. The Bertz CT molecular complexity index is 562. The third-order valence-corrected chi connectivity index (χ3v) is 3.42. The van der Waals surface area contributed by atoms with E-state index in [1.807, 2.05) is 6.07 Å². The summed E-state index contributed by atoms with van der Waals surface area (Å²) in [5, 5.41) is 8.73. The van der Waals surface area contributed by atoms with E-state index in [1.165, 1.54) is 11.3 Å². The van der Waals surface area contributed by atoms with E-state index in [2.05, 4.69) is 27.0 Å². The van der Waals surface area contributed by atoms with Crippen LogP contribution in [-0.2, 0) is 0 Å². The summed E-state index contributed by atoms with van der Waals surface area (Å²) in [4.78, 5) is 3.06. The molecule has 0 saturated carbocycles. The number of thiazole rings is 1. The van der Waals surface area contributed by atoms with Gasteiger partial charge in [-0.2, -0.15) is 5.26 Å². The second-order valence-corrected chi connectivity index (χ2v) is 5.03. The van der Waals surface area contributed by atoms with Gasteiger partial charge in [-0.25, -0.2) is 0 Å². The number of H-pyrrole nitrogens is 1. The number of aromatic nitrogens is 1. The Kier molecular flexibility index (Phi) is 2.20. The Morgan fingerprint density at radius 2 is 2.31 bits per heavy atom. The van der Waals surface area contributed by atoms with E-state index in [0.29, 0.717) is 5.56 Å². The van der Waals surface area contributed by atoms with Gasteiger partial charge in [-0.3, -0.25) is 0 Å². The monoisotopic (exact) mass is 270 g/mol. The topological polar surface area (TPSA) is 39.6 Å².